The number of carbonyl (C=O) groups excluding carboxylic acids is 2. The maximum absolute atomic E-state index is 11.7. The van der Waals surface area contributed by atoms with Crippen LogP contribution in [0.15, 0.2) is 93.2 Å². The zero-order chi connectivity index (χ0) is 43.1. The van der Waals surface area contributed by atoms with Crippen LogP contribution in [0.2, 0.25) is 0 Å². The van der Waals surface area contributed by atoms with Crippen molar-refractivity contribution in [1.29, 1.82) is 0 Å². The molecule has 0 fully saturated rings. The smallest absolute Gasteiger partial charge is 0.307 e. The van der Waals surface area contributed by atoms with Crippen molar-refractivity contribution in [3.63, 3.8) is 0 Å². The van der Waals surface area contributed by atoms with E-state index in [1.54, 1.807) is 0 Å². The van der Waals surface area contributed by atoms with Crippen molar-refractivity contribution in [1.82, 2.24) is 0 Å². The molecule has 0 aliphatic heterocycles. The number of ether oxygens (including phenoxy) is 2. The summed E-state index contributed by atoms with van der Waals surface area (Å²) in [4.78, 5) is 46.8. The van der Waals surface area contributed by atoms with Gasteiger partial charge in [-0.15, -0.1) is 0 Å². The van der Waals surface area contributed by atoms with Crippen LogP contribution in [0.5, 0.6) is 0 Å². The van der Waals surface area contributed by atoms with Crippen molar-refractivity contribution < 1.29 is 38.9 Å². The first kappa shape index (κ1) is 53.9. The van der Waals surface area contributed by atoms with Gasteiger partial charge >= 0.3 is 23.9 Å². The van der Waals surface area contributed by atoms with E-state index in [4.69, 9.17) is 9.47 Å². The van der Waals surface area contributed by atoms with E-state index in [0.717, 1.165) is 62.5 Å². The molecule has 2 atom stereocenters. The molecule has 0 aliphatic carbocycles. The highest BCUT2D eigenvalue weighted by atomic mass is 16.5. The Balaban J connectivity index is 0. The molecule has 56 heavy (non-hydrogen) atoms. The molecular weight excluding hydrogens is 705 g/mol. The van der Waals surface area contributed by atoms with Gasteiger partial charge in [-0.1, -0.05) is 81.0 Å². The van der Waals surface area contributed by atoms with Gasteiger partial charge < -0.3 is 19.7 Å². The van der Waals surface area contributed by atoms with Crippen LogP contribution in [0.3, 0.4) is 0 Å². The molecule has 0 spiro atoms. The summed E-state index contributed by atoms with van der Waals surface area (Å²) in [5.41, 5.74) is 9.71. The maximum Gasteiger partial charge on any atom is 0.307 e. The third-order valence-electron chi connectivity index (χ3n) is 8.81. The molecular formula is C48H76O8. The van der Waals surface area contributed by atoms with Crippen molar-refractivity contribution in [3.8, 4) is 0 Å². The minimum absolute atomic E-state index is 0.0484. The standard InChI is InChI=1S/2C24H38O4/c1-17(2)9-7-11-19(5)13-15-21(23(25)26)22(24(27)28)16-14-20(6)12-8-10-18(3)4;1-19(2)9-7-11-21(5)15-17-27-23(25)13-14-24(26)28-18-16-22(6)12-8-10-20(3)4/h9-10,13-14,21-22H,7-8,11-12,15-16H2,1-6H3,(H,25,26)(H,27,28);9-10,15-16H,7-8,11-14,17-18H2,1-6H3/b19-13+,20-14+;21-15+,22-16+. The van der Waals surface area contributed by atoms with E-state index in [2.05, 4.69) is 52.0 Å². The third kappa shape index (κ3) is 34.3. The first-order valence-electron chi connectivity index (χ1n) is 20.2. The molecule has 0 bridgehead atoms. The summed E-state index contributed by atoms with van der Waals surface area (Å²) in [6, 6.07) is 0. The topological polar surface area (TPSA) is 127 Å². The quantitative estimate of drug-likeness (QED) is 0.0656. The number of aliphatic carboxylic acids is 2. The lowest BCUT2D eigenvalue weighted by Gasteiger charge is -2.18. The normalized spacial score (nSPS) is 12.9. The first-order valence-corrected chi connectivity index (χ1v) is 20.2. The minimum Gasteiger partial charge on any atom is -0.481 e. The van der Waals surface area contributed by atoms with E-state index >= 15 is 0 Å². The van der Waals surface area contributed by atoms with E-state index in [1.165, 1.54) is 33.4 Å². The Labute approximate surface area is 340 Å². The number of esters is 2. The van der Waals surface area contributed by atoms with Crippen LogP contribution in [0, 0.1) is 11.8 Å². The van der Waals surface area contributed by atoms with Gasteiger partial charge in [0.2, 0.25) is 0 Å². The molecule has 0 aromatic carbocycles. The summed E-state index contributed by atoms with van der Waals surface area (Å²) in [5.74, 6) is -4.68. The summed E-state index contributed by atoms with van der Waals surface area (Å²) in [6.45, 7) is 25.0. The lowest BCUT2D eigenvalue weighted by Crippen LogP contribution is -2.29. The fourth-order valence-electron chi connectivity index (χ4n) is 5.20. The highest BCUT2D eigenvalue weighted by Crippen LogP contribution is 2.24. The number of carboxylic acid groups (broad SMARTS) is 2. The van der Waals surface area contributed by atoms with Gasteiger partial charge in [-0.25, -0.2) is 0 Å². The molecule has 0 saturated carbocycles. The Morgan fingerprint density at radius 3 is 0.875 bits per heavy atom. The van der Waals surface area contributed by atoms with Crippen LogP contribution >= 0.6 is 0 Å². The van der Waals surface area contributed by atoms with E-state index in [-0.39, 0.29) is 50.8 Å². The molecule has 0 aromatic heterocycles. The SMILES string of the molecule is CC(C)=CCC/C(C)=C/CC(C(=O)O)C(C/C=C(\C)CCC=C(C)C)C(=O)O.CC(C)=CCC/C(C)=C/COC(=O)CCC(=O)OC/C=C(\C)CCC=C(C)C. The fourth-order valence-corrected chi connectivity index (χ4v) is 5.20. The molecule has 2 N–H and O–H groups in total. The predicted octanol–water partition coefficient (Wildman–Crippen LogP) is 12.8. The van der Waals surface area contributed by atoms with Crippen LogP contribution in [-0.4, -0.2) is 47.3 Å². The molecule has 8 nitrogen and oxygen atoms in total. The van der Waals surface area contributed by atoms with Gasteiger partial charge in [0.05, 0.1) is 24.7 Å². The predicted molar refractivity (Wildman–Crippen MR) is 232 cm³/mol. The van der Waals surface area contributed by atoms with Crippen molar-refractivity contribution in [2.45, 2.75) is 160 Å². The second kappa shape index (κ2) is 33.0. The highest BCUT2D eigenvalue weighted by Gasteiger charge is 2.32. The van der Waals surface area contributed by atoms with Crippen molar-refractivity contribution in [2.75, 3.05) is 13.2 Å². The molecule has 0 aliphatic rings. The first-order chi connectivity index (χ1) is 26.2. The van der Waals surface area contributed by atoms with Crippen LogP contribution in [0.1, 0.15) is 160 Å². The van der Waals surface area contributed by atoms with Gasteiger partial charge in [0.1, 0.15) is 13.2 Å². The van der Waals surface area contributed by atoms with E-state index in [1.807, 2.05) is 79.7 Å². The second-order valence-corrected chi connectivity index (χ2v) is 15.7. The van der Waals surface area contributed by atoms with Crippen LogP contribution < -0.4 is 0 Å². The molecule has 0 saturated heterocycles. The molecule has 0 rings (SSSR count). The van der Waals surface area contributed by atoms with Gasteiger partial charge in [0, 0.05) is 0 Å². The van der Waals surface area contributed by atoms with Crippen LogP contribution in [0.4, 0.5) is 0 Å². The molecule has 316 valence electrons. The monoisotopic (exact) mass is 781 g/mol. The summed E-state index contributed by atoms with van der Waals surface area (Å²) in [7, 11) is 0. The Morgan fingerprint density at radius 2 is 0.643 bits per heavy atom. The Kier molecular flexibility index (Phi) is 31.8. The van der Waals surface area contributed by atoms with Gasteiger partial charge in [-0.2, -0.15) is 0 Å². The molecule has 0 amide bonds. The summed E-state index contributed by atoms with van der Waals surface area (Å²) in [5, 5.41) is 19.2. The van der Waals surface area contributed by atoms with Crippen molar-refractivity contribution >= 4 is 23.9 Å². The van der Waals surface area contributed by atoms with E-state index in [9.17, 15) is 29.4 Å². The zero-order valence-electron chi connectivity index (χ0n) is 37.0. The van der Waals surface area contributed by atoms with Crippen LogP contribution in [0.25, 0.3) is 0 Å². The molecule has 0 aromatic rings. The summed E-state index contributed by atoms with van der Waals surface area (Å²) in [6.07, 6.45) is 24.3. The van der Waals surface area contributed by atoms with Crippen molar-refractivity contribution in [3.05, 3.63) is 93.2 Å². The maximum atomic E-state index is 11.7. The number of hydrogen-bond acceptors (Lipinski definition) is 6. The van der Waals surface area contributed by atoms with Crippen LogP contribution in [-0.2, 0) is 28.7 Å². The lowest BCUT2D eigenvalue weighted by molar-refractivity contribution is -0.153. The number of allylic oxidation sites excluding steroid dienone is 14. The lowest BCUT2D eigenvalue weighted by atomic mass is 9.85. The van der Waals surface area contributed by atoms with Gasteiger partial charge in [0.15, 0.2) is 0 Å². The Bertz CT molecular complexity index is 1340. The average Bonchev–Trinajstić information content (AvgIpc) is 3.08. The third-order valence-corrected chi connectivity index (χ3v) is 8.81. The van der Waals surface area contributed by atoms with Gasteiger partial charge in [0.25, 0.3) is 0 Å². The Morgan fingerprint density at radius 1 is 0.393 bits per heavy atom. The molecule has 2 unspecified atom stereocenters. The average molecular weight is 781 g/mol. The molecule has 0 radical (unpaired) electrons. The zero-order valence-corrected chi connectivity index (χ0v) is 37.0. The minimum atomic E-state index is -1.05. The summed E-state index contributed by atoms with van der Waals surface area (Å²) < 4.78 is 10.3. The number of hydrogen-bond donors (Lipinski definition) is 2. The van der Waals surface area contributed by atoms with E-state index < -0.39 is 23.8 Å². The number of rotatable bonds is 26. The van der Waals surface area contributed by atoms with Crippen molar-refractivity contribution in [2.24, 2.45) is 11.8 Å². The number of carboxylic acids is 2. The summed E-state index contributed by atoms with van der Waals surface area (Å²) >= 11 is 0. The van der Waals surface area contributed by atoms with Gasteiger partial charge in [-0.3, -0.25) is 19.2 Å². The fraction of sp³-hybridized carbons (Fsp3) is 0.583. The largest absolute Gasteiger partial charge is 0.481 e. The Hall–Kier alpha value is -4.20. The molecule has 8 heteroatoms. The number of carbonyl (C=O) groups is 4. The van der Waals surface area contributed by atoms with E-state index in [0.29, 0.717) is 0 Å². The van der Waals surface area contributed by atoms with Gasteiger partial charge in [-0.05, 0) is 159 Å². The molecule has 0 heterocycles. The second-order valence-electron chi connectivity index (χ2n) is 15.7. The highest BCUT2D eigenvalue weighted by molar-refractivity contribution is 5.80.